The summed E-state index contributed by atoms with van der Waals surface area (Å²) < 4.78 is 0. The van der Waals surface area contributed by atoms with Crippen molar-refractivity contribution in [2.24, 2.45) is 0 Å². The van der Waals surface area contributed by atoms with Crippen LogP contribution in [-0.2, 0) is 0 Å². The van der Waals surface area contributed by atoms with E-state index in [1.54, 1.807) is 4.90 Å². The van der Waals surface area contributed by atoms with Gasteiger partial charge in [0.05, 0.1) is 0 Å². The van der Waals surface area contributed by atoms with E-state index in [4.69, 9.17) is 0 Å². The number of hydrogen-bond acceptors (Lipinski definition) is 2. The second kappa shape index (κ2) is 2.35. The van der Waals surface area contributed by atoms with Crippen LogP contribution in [0, 0.1) is 5.21 Å². The Morgan fingerprint density at radius 1 is 1.64 bits per heavy atom. The van der Waals surface area contributed by atoms with Crippen LogP contribution in [0.3, 0.4) is 0 Å². The van der Waals surface area contributed by atoms with Gasteiger partial charge >= 0.3 is 6.03 Å². The summed E-state index contributed by atoms with van der Waals surface area (Å²) in [5, 5.41) is 10.9. The van der Waals surface area contributed by atoms with Crippen LogP contribution in [0.25, 0.3) is 0 Å². The minimum atomic E-state index is -0.209. The van der Waals surface area contributed by atoms with E-state index in [2.05, 4.69) is 5.43 Å². The Morgan fingerprint density at radius 2 is 2.45 bits per heavy atom. The number of carbonyl (C=O) groups excluding carboxylic acids is 1. The Morgan fingerprint density at radius 3 is 3.18 bits per heavy atom. The predicted octanol–water partition coefficient (Wildman–Crippen LogP) is -1.18. The maximum absolute atomic E-state index is 11.0. The number of piperidine rings is 1. The van der Waals surface area contributed by atoms with Gasteiger partial charge in [0.15, 0.2) is 6.17 Å². The Balaban J connectivity index is 2.13. The molecule has 0 radical (unpaired) electrons. The van der Waals surface area contributed by atoms with E-state index in [0.29, 0.717) is 0 Å². The van der Waals surface area contributed by atoms with E-state index < -0.39 is 0 Å². The molecule has 2 amide bonds. The first-order valence-corrected chi connectivity index (χ1v) is 3.90. The van der Waals surface area contributed by atoms with Crippen molar-refractivity contribution in [3.8, 4) is 0 Å². The molecule has 62 valence electrons. The first-order valence-electron chi connectivity index (χ1n) is 3.90. The van der Waals surface area contributed by atoms with Crippen molar-refractivity contribution in [2.75, 3.05) is 6.54 Å². The number of hydrogen-bond donors (Lipinski definition) is 2. The first kappa shape index (κ1) is 6.87. The van der Waals surface area contributed by atoms with Gasteiger partial charge in [0.25, 0.3) is 0 Å². The number of fused-ring (bicyclic) bond motifs is 1. The zero-order valence-electron chi connectivity index (χ0n) is 6.17. The maximum atomic E-state index is 11.0. The van der Waals surface area contributed by atoms with Crippen LogP contribution < -0.4 is 10.6 Å². The van der Waals surface area contributed by atoms with E-state index in [1.165, 1.54) is 0 Å². The van der Waals surface area contributed by atoms with E-state index in [1.807, 2.05) is 0 Å². The summed E-state index contributed by atoms with van der Waals surface area (Å²) in [4.78, 5) is 12.6. The number of quaternary nitrogens is 1. The number of urea groups is 1. The molecule has 2 saturated heterocycles. The standard InChI is InChI=1S/C6H11N3O2/c10-6-7-9(11)5-3-1-2-4-8(5)6/h5,9H,1-4H2,(H,7,10). The molecule has 0 bridgehead atoms. The molecule has 2 unspecified atom stereocenters. The largest absolute Gasteiger partial charge is 0.606 e. The summed E-state index contributed by atoms with van der Waals surface area (Å²) in [6, 6.07) is -0.209. The van der Waals surface area contributed by atoms with Crippen LogP contribution in [0.15, 0.2) is 0 Å². The third kappa shape index (κ3) is 0.965. The maximum Gasteiger partial charge on any atom is 0.366 e. The van der Waals surface area contributed by atoms with Gasteiger partial charge in [-0.1, -0.05) is 0 Å². The molecule has 11 heavy (non-hydrogen) atoms. The van der Waals surface area contributed by atoms with Gasteiger partial charge < -0.3 is 5.21 Å². The molecular weight excluding hydrogens is 146 g/mol. The second-order valence-corrected chi connectivity index (χ2v) is 3.00. The highest BCUT2D eigenvalue weighted by Crippen LogP contribution is 2.14. The van der Waals surface area contributed by atoms with E-state index in [9.17, 15) is 10.0 Å². The van der Waals surface area contributed by atoms with Gasteiger partial charge in [-0.3, -0.25) is 4.90 Å². The van der Waals surface area contributed by atoms with Gasteiger partial charge in [-0.15, -0.1) is 0 Å². The van der Waals surface area contributed by atoms with Gasteiger partial charge in [0.2, 0.25) is 0 Å². The third-order valence-corrected chi connectivity index (χ3v) is 2.30. The molecular formula is C6H11N3O2. The van der Waals surface area contributed by atoms with Crippen LogP contribution in [0.5, 0.6) is 0 Å². The smallest absolute Gasteiger partial charge is 0.366 e. The molecule has 2 N–H and O–H groups in total. The molecule has 0 aliphatic carbocycles. The monoisotopic (exact) mass is 157 g/mol. The highest BCUT2D eigenvalue weighted by Gasteiger charge is 2.38. The van der Waals surface area contributed by atoms with Crippen molar-refractivity contribution < 1.29 is 9.97 Å². The second-order valence-electron chi connectivity index (χ2n) is 3.00. The van der Waals surface area contributed by atoms with E-state index in [-0.39, 0.29) is 17.4 Å². The summed E-state index contributed by atoms with van der Waals surface area (Å²) in [5.74, 6) is 0. The SMILES string of the molecule is O=C1N[NH+]([O-])C2CCCCN12. The molecule has 2 aliphatic heterocycles. The normalized spacial score (nSPS) is 36.8. The topological polar surface area (TPSA) is 59.8 Å². The Kier molecular flexibility index (Phi) is 1.47. The van der Waals surface area contributed by atoms with Gasteiger partial charge in [0, 0.05) is 13.0 Å². The van der Waals surface area contributed by atoms with Crippen molar-refractivity contribution in [2.45, 2.75) is 25.4 Å². The highest BCUT2D eigenvalue weighted by molar-refractivity contribution is 5.74. The van der Waals surface area contributed by atoms with E-state index in [0.717, 1.165) is 25.8 Å². The number of rotatable bonds is 0. The lowest BCUT2D eigenvalue weighted by Gasteiger charge is -2.29. The molecule has 5 heteroatoms. The number of nitrogens with one attached hydrogen (secondary N) is 2. The van der Waals surface area contributed by atoms with Crippen LogP contribution in [0.2, 0.25) is 0 Å². The summed E-state index contributed by atoms with van der Waals surface area (Å²) in [6.45, 7) is 0.738. The minimum Gasteiger partial charge on any atom is -0.606 e. The zero-order chi connectivity index (χ0) is 7.84. The van der Waals surface area contributed by atoms with Crippen molar-refractivity contribution in [1.29, 1.82) is 0 Å². The summed E-state index contributed by atoms with van der Waals surface area (Å²) in [5.41, 5.74) is 2.31. The average Bonchev–Trinajstić information content (AvgIpc) is 2.30. The zero-order valence-corrected chi connectivity index (χ0v) is 6.17. The van der Waals surface area contributed by atoms with Gasteiger partial charge in [-0.2, -0.15) is 5.43 Å². The van der Waals surface area contributed by atoms with Crippen molar-refractivity contribution in [1.82, 2.24) is 10.3 Å². The fraction of sp³-hybridized carbons (Fsp3) is 0.833. The van der Waals surface area contributed by atoms with Crippen LogP contribution in [0.4, 0.5) is 4.79 Å². The summed E-state index contributed by atoms with van der Waals surface area (Å²) in [7, 11) is 0. The van der Waals surface area contributed by atoms with Crippen molar-refractivity contribution >= 4 is 6.03 Å². The first-order chi connectivity index (χ1) is 5.29. The molecule has 0 aromatic heterocycles. The quantitative estimate of drug-likeness (QED) is 0.435. The molecule has 2 heterocycles. The number of hydroxylamine groups is 1. The van der Waals surface area contributed by atoms with Crippen LogP contribution in [0.1, 0.15) is 19.3 Å². The van der Waals surface area contributed by atoms with Crippen LogP contribution >= 0.6 is 0 Å². The average molecular weight is 157 g/mol. The fourth-order valence-electron chi connectivity index (χ4n) is 1.71. The Hall–Kier alpha value is -0.810. The lowest BCUT2D eigenvalue weighted by Crippen LogP contribution is -3.15. The predicted molar refractivity (Wildman–Crippen MR) is 37.2 cm³/mol. The molecule has 5 nitrogen and oxygen atoms in total. The molecule has 2 atom stereocenters. The molecule has 2 rings (SSSR count). The number of amides is 2. The van der Waals surface area contributed by atoms with Crippen LogP contribution in [-0.4, -0.2) is 23.6 Å². The molecule has 0 spiro atoms. The van der Waals surface area contributed by atoms with Crippen molar-refractivity contribution in [3.05, 3.63) is 5.21 Å². The minimum absolute atomic E-state index is 0.116. The lowest BCUT2D eigenvalue weighted by atomic mass is 10.1. The van der Waals surface area contributed by atoms with Crippen molar-refractivity contribution in [3.63, 3.8) is 0 Å². The molecule has 0 saturated carbocycles. The van der Waals surface area contributed by atoms with Gasteiger partial charge in [-0.05, 0) is 12.8 Å². The molecule has 2 fully saturated rings. The highest BCUT2D eigenvalue weighted by atomic mass is 16.6. The van der Waals surface area contributed by atoms with E-state index >= 15 is 0 Å². The molecule has 0 aromatic rings. The fourth-order valence-corrected chi connectivity index (χ4v) is 1.71. The Bertz CT molecular complexity index is 185. The van der Waals surface area contributed by atoms with Gasteiger partial charge in [0.1, 0.15) is 0 Å². The third-order valence-electron chi connectivity index (χ3n) is 2.30. The Labute approximate surface area is 64.5 Å². The number of carbonyl (C=O) groups is 1. The summed E-state index contributed by atoms with van der Waals surface area (Å²) >= 11 is 0. The summed E-state index contributed by atoms with van der Waals surface area (Å²) in [6.07, 6.45) is 2.76. The van der Waals surface area contributed by atoms with Gasteiger partial charge in [-0.25, -0.2) is 9.97 Å². The molecule has 2 aliphatic rings. The lowest BCUT2D eigenvalue weighted by molar-refractivity contribution is -0.909. The number of nitrogens with zero attached hydrogens (tertiary/aromatic N) is 1. The molecule has 0 aromatic carbocycles.